The van der Waals surface area contributed by atoms with E-state index in [4.69, 9.17) is 11.6 Å². The summed E-state index contributed by atoms with van der Waals surface area (Å²) in [5, 5.41) is 0. The van der Waals surface area contributed by atoms with Crippen molar-refractivity contribution in [1.29, 1.82) is 0 Å². The number of hydrogen-bond acceptors (Lipinski definition) is 2. The Balaban J connectivity index is 2.51. The van der Waals surface area contributed by atoms with Crippen LogP contribution in [0.15, 0.2) is 24.0 Å². The van der Waals surface area contributed by atoms with Crippen molar-refractivity contribution in [2.24, 2.45) is 0 Å². The molecule has 0 amide bonds. The van der Waals surface area contributed by atoms with Crippen molar-refractivity contribution in [3.05, 3.63) is 24.0 Å². The van der Waals surface area contributed by atoms with Gasteiger partial charge in [0.25, 0.3) is 0 Å². The lowest BCUT2D eigenvalue weighted by atomic mass is 11.0. The Hall–Kier alpha value is -0.630. The predicted molar refractivity (Wildman–Crippen MR) is 25.2 cm³/mol. The Morgan fingerprint density at radius 1 is 1.43 bits per heavy atom. The summed E-state index contributed by atoms with van der Waals surface area (Å²) in [6.45, 7) is 0. The van der Waals surface area contributed by atoms with Gasteiger partial charge in [-0.25, -0.2) is 0 Å². The van der Waals surface area contributed by atoms with Gasteiger partial charge in [0, 0.05) is 0 Å². The van der Waals surface area contributed by atoms with Gasteiger partial charge in [0.05, 0.1) is 5.54 Å². The van der Waals surface area contributed by atoms with Crippen molar-refractivity contribution in [1.82, 2.24) is 0 Å². The lowest BCUT2D eigenvalue weighted by Crippen LogP contribution is -1.74. The fourth-order valence-electron chi connectivity index (χ4n) is 0.269. The fourth-order valence-corrected chi connectivity index (χ4v) is 0.372. The maximum absolute atomic E-state index is 5.16. The highest BCUT2D eigenvalue weighted by Gasteiger charge is 1.98. The molecule has 0 aromatic rings. The normalized spacial score (nSPS) is 15.9. The molecule has 0 N–H and O–H groups in total. The van der Waals surface area contributed by atoms with Crippen LogP contribution in [-0.2, 0) is 9.47 Å². The van der Waals surface area contributed by atoms with E-state index >= 15 is 0 Å². The monoisotopic (exact) mass is 118 g/mol. The molecule has 1 aliphatic heterocycles. The number of halogens is 1. The molecule has 0 fully saturated rings. The van der Waals surface area contributed by atoms with Crippen LogP contribution in [0.3, 0.4) is 0 Å². The van der Waals surface area contributed by atoms with Crippen molar-refractivity contribution in [2.75, 3.05) is 0 Å². The first-order valence-electron chi connectivity index (χ1n) is 1.72. The minimum absolute atomic E-state index is 0.321. The average molecular weight is 119 g/mol. The predicted octanol–water partition coefficient (Wildman–Crippen LogP) is 1.54. The first-order chi connectivity index (χ1) is 3.43. The molecule has 0 radical (unpaired) electrons. The molecule has 0 saturated carbocycles. The molecule has 38 valence electrons. The van der Waals surface area contributed by atoms with Gasteiger partial charge in [0.15, 0.2) is 0 Å². The largest absolute Gasteiger partial charge is 0.430 e. The van der Waals surface area contributed by atoms with Crippen LogP contribution in [0.25, 0.3) is 0 Å². The van der Waals surface area contributed by atoms with E-state index in [1.807, 2.05) is 0 Å². The van der Waals surface area contributed by atoms with Crippen molar-refractivity contribution in [3.8, 4) is 0 Å². The molecule has 1 aliphatic rings. The quantitative estimate of drug-likeness (QED) is 0.480. The maximum atomic E-state index is 5.16. The molecule has 7 heavy (non-hydrogen) atoms. The summed E-state index contributed by atoms with van der Waals surface area (Å²) in [7, 11) is 0. The molecule has 3 heteroatoms. The Morgan fingerprint density at radius 3 is 2.29 bits per heavy atom. The molecular weight excluding hydrogens is 115 g/mol. The molecule has 0 unspecified atom stereocenters. The van der Waals surface area contributed by atoms with Crippen LogP contribution < -0.4 is 0 Å². The molecule has 1 rings (SSSR count). The third-order valence-electron chi connectivity index (χ3n) is 0.513. The highest BCUT2D eigenvalue weighted by atomic mass is 35.5. The lowest BCUT2D eigenvalue weighted by molar-refractivity contribution is 0.202. The summed E-state index contributed by atoms with van der Waals surface area (Å²) >= 11 is 5.16. The van der Waals surface area contributed by atoms with E-state index in [9.17, 15) is 0 Å². The third-order valence-corrected chi connectivity index (χ3v) is 0.691. The van der Waals surface area contributed by atoms with Crippen molar-refractivity contribution in [3.63, 3.8) is 0 Å². The van der Waals surface area contributed by atoms with Crippen LogP contribution in [0.2, 0.25) is 0 Å². The highest BCUT2D eigenvalue weighted by molar-refractivity contribution is 6.25. The maximum Gasteiger partial charge on any atom is 0.301 e. The molecule has 0 atom stereocenters. The van der Waals surface area contributed by atoms with Crippen LogP contribution >= 0.6 is 11.6 Å². The Kier molecular flexibility index (Phi) is 1.22. The van der Waals surface area contributed by atoms with Crippen molar-refractivity contribution >= 4 is 11.6 Å². The van der Waals surface area contributed by atoms with E-state index in [-0.39, 0.29) is 0 Å². The van der Waals surface area contributed by atoms with Crippen LogP contribution in [0.5, 0.6) is 0 Å². The van der Waals surface area contributed by atoms with Gasteiger partial charge >= 0.3 is 5.95 Å². The van der Waals surface area contributed by atoms with E-state index in [1.54, 1.807) is 0 Å². The SMILES string of the molecule is ClC=C1OC=CO1. The van der Waals surface area contributed by atoms with Crippen LogP contribution in [0.1, 0.15) is 0 Å². The van der Waals surface area contributed by atoms with Gasteiger partial charge in [0.2, 0.25) is 0 Å². The van der Waals surface area contributed by atoms with E-state index in [1.165, 1.54) is 18.1 Å². The van der Waals surface area contributed by atoms with Gasteiger partial charge in [-0.15, -0.1) is 0 Å². The standard InChI is InChI=1S/C4H3ClO2/c5-3-4-6-1-2-7-4/h1-3H. The topological polar surface area (TPSA) is 18.5 Å². The zero-order chi connectivity index (χ0) is 5.11. The van der Waals surface area contributed by atoms with Gasteiger partial charge in [-0.3, -0.25) is 0 Å². The van der Waals surface area contributed by atoms with Gasteiger partial charge in [-0.2, -0.15) is 0 Å². The molecule has 0 saturated heterocycles. The van der Waals surface area contributed by atoms with Gasteiger partial charge in [-0.1, -0.05) is 11.6 Å². The summed E-state index contributed by atoms with van der Waals surface area (Å²) in [4.78, 5) is 0. The Morgan fingerprint density at radius 2 is 2.00 bits per heavy atom. The second-order valence-corrected chi connectivity index (χ2v) is 1.15. The summed E-state index contributed by atoms with van der Waals surface area (Å²) in [6.07, 6.45) is 2.82. The number of hydrogen-bond donors (Lipinski definition) is 0. The fraction of sp³-hybridized carbons (Fsp3) is 0. The van der Waals surface area contributed by atoms with Crippen molar-refractivity contribution < 1.29 is 9.47 Å². The van der Waals surface area contributed by atoms with E-state index in [2.05, 4.69) is 9.47 Å². The van der Waals surface area contributed by atoms with E-state index in [0.717, 1.165) is 0 Å². The number of ether oxygens (including phenoxy) is 2. The Bertz CT molecular complexity index is 107. The molecular formula is C4H3ClO2. The summed E-state index contributed by atoms with van der Waals surface area (Å²) in [6, 6.07) is 0. The second-order valence-electron chi connectivity index (χ2n) is 0.936. The second kappa shape index (κ2) is 1.89. The molecule has 2 nitrogen and oxygen atoms in total. The number of rotatable bonds is 0. The summed E-state index contributed by atoms with van der Waals surface area (Å²) in [5.74, 6) is 0.321. The zero-order valence-electron chi connectivity index (χ0n) is 3.43. The lowest BCUT2D eigenvalue weighted by Gasteiger charge is -1.89. The van der Waals surface area contributed by atoms with Crippen molar-refractivity contribution in [2.45, 2.75) is 0 Å². The van der Waals surface area contributed by atoms with Gasteiger partial charge in [-0.05, 0) is 0 Å². The summed E-state index contributed by atoms with van der Waals surface area (Å²) in [5.41, 5.74) is 1.22. The third kappa shape index (κ3) is 0.871. The van der Waals surface area contributed by atoms with Crippen LogP contribution in [0.4, 0.5) is 0 Å². The smallest absolute Gasteiger partial charge is 0.301 e. The first kappa shape index (κ1) is 4.53. The van der Waals surface area contributed by atoms with E-state index < -0.39 is 0 Å². The van der Waals surface area contributed by atoms with Crippen LogP contribution in [-0.4, -0.2) is 0 Å². The first-order valence-corrected chi connectivity index (χ1v) is 2.16. The minimum Gasteiger partial charge on any atom is -0.430 e. The molecule has 0 spiro atoms. The highest BCUT2D eigenvalue weighted by Crippen LogP contribution is 2.08. The van der Waals surface area contributed by atoms with E-state index in [0.29, 0.717) is 5.95 Å². The average Bonchev–Trinajstić information content (AvgIpc) is 2.14. The molecule has 0 bridgehead atoms. The van der Waals surface area contributed by atoms with Gasteiger partial charge < -0.3 is 9.47 Å². The molecule has 0 aromatic heterocycles. The van der Waals surface area contributed by atoms with Crippen LogP contribution in [0, 0.1) is 0 Å². The Labute approximate surface area is 46.0 Å². The molecule has 0 aromatic carbocycles. The summed E-state index contributed by atoms with van der Waals surface area (Å²) < 4.78 is 9.26. The zero-order valence-corrected chi connectivity index (χ0v) is 4.18. The molecule has 0 aliphatic carbocycles. The van der Waals surface area contributed by atoms with Gasteiger partial charge in [0.1, 0.15) is 12.5 Å². The minimum atomic E-state index is 0.321. The molecule has 1 heterocycles.